The molecule has 1 aromatic heterocycles. The number of carbonyl (C=O) groups is 1. The van der Waals surface area contributed by atoms with Crippen LogP contribution in [0.25, 0.3) is 16.5 Å². The molecular formula is C19H17FN2O. The van der Waals surface area contributed by atoms with Crippen molar-refractivity contribution in [3.8, 4) is 0 Å². The lowest BCUT2D eigenvalue weighted by molar-refractivity contribution is -0.105. The second-order valence-electron chi connectivity index (χ2n) is 5.57. The van der Waals surface area contributed by atoms with Gasteiger partial charge in [-0.15, -0.1) is 0 Å². The number of allylic oxidation sites excluding steroid dienone is 1. The quantitative estimate of drug-likeness (QED) is 0.673. The summed E-state index contributed by atoms with van der Waals surface area (Å²) in [6.07, 6.45) is 0.616. The van der Waals surface area contributed by atoms with E-state index in [2.05, 4.69) is 10.3 Å². The van der Waals surface area contributed by atoms with Crippen molar-refractivity contribution in [2.75, 3.05) is 5.32 Å². The minimum Gasteiger partial charge on any atom is -0.353 e. The highest BCUT2D eigenvalue weighted by atomic mass is 19.1. The van der Waals surface area contributed by atoms with Gasteiger partial charge >= 0.3 is 0 Å². The van der Waals surface area contributed by atoms with E-state index < -0.39 is 0 Å². The second kappa shape index (κ2) is 6.08. The van der Waals surface area contributed by atoms with E-state index in [1.165, 1.54) is 12.1 Å². The lowest BCUT2D eigenvalue weighted by Crippen LogP contribution is -1.99. The van der Waals surface area contributed by atoms with Crippen LogP contribution in [0.2, 0.25) is 0 Å². The first-order valence-electron chi connectivity index (χ1n) is 7.36. The van der Waals surface area contributed by atoms with Gasteiger partial charge in [0.25, 0.3) is 0 Å². The molecule has 0 unspecified atom stereocenters. The van der Waals surface area contributed by atoms with Crippen LogP contribution in [0.5, 0.6) is 0 Å². The number of hydrogen-bond donors (Lipinski definition) is 2. The number of carbonyl (C=O) groups excluding carboxylic acids is 1. The first kappa shape index (κ1) is 15.0. The zero-order valence-electron chi connectivity index (χ0n) is 13.0. The Morgan fingerprint density at radius 1 is 1.13 bits per heavy atom. The van der Waals surface area contributed by atoms with Crippen molar-refractivity contribution in [3.63, 3.8) is 0 Å². The van der Waals surface area contributed by atoms with Gasteiger partial charge in [0.2, 0.25) is 6.41 Å². The lowest BCUT2D eigenvalue weighted by Gasteiger charge is -2.11. The number of rotatable bonds is 4. The summed E-state index contributed by atoms with van der Waals surface area (Å²) >= 11 is 0. The fraction of sp³-hybridized carbons (Fsp3) is 0.105. The molecule has 2 N–H and O–H groups in total. The van der Waals surface area contributed by atoms with Crippen molar-refractivity contribution in [3.05, 3.63) is 71.2 Å². The van der Waals surface area contributed by atoms with Gasteiger partial charge in [-0.2, -0.15) is 0 Å². The third-order valence-corrected chi connectivity index (χ3v) is 3.78. The summed E-state index contributed by atoms with van der Waals surface area (Å²) in [5.41, 5.74) is 5.27. The Labute approximate surface area is 133 Å². The van der Waals surface area contributed by atoms with E-state index >= 15 is 0 Å². The summed E-state index contributed by atoms with van der Waals surface area (Å²) in [4.78, 5) is 14.4. The number of benzene rings is 2. The Kier molecular flexibility index (Phi) is 3.98. The largest absolute Gasteiger partial charge is 0.353 e. The predicted molar refractivity (Wildman–Crippen MR) is 91.8 cm³/mol. The molecule has 2 aromatic carbocycles. The number of aromatic amines is 1. The molecule has 0 saturated carbocycles. The molecule has 1 amide bonds. The summed E-state index contributed by atoms with van der Waals surface area (Å²) in [5.74, 6) is -0.338. The molecule has 0 radical (unpaired) electrons. The molecule has 116 valence electrons. The molecule has 3 aromatic rings. The summed E-state index contributed by atoms with van der Waals surface area (Å²) in [5, 5.41) is 3.37. The number of H-pyrrole nitrogens is 1. The van der Waals surface area contributed by atoms with Crippen molar-refractivity contribution >= 4 is 28.6 Å². The van der Waals surface area contributed by atoms with Crippen molar-refractivity contribution in [2.45, 2.75) is 13.8 Å². The van der Waals surface area contributed by atoms with Crippen LogP contribution in [0, 0.1) is 5.82 Å². The number of aromatic nitrogens is 1. The highest BCUT2D eigenvalue weighted by molar-refractivity contribution is 6.04. The van der Waals surface area contributed by atoms with Gasteiger partial charge in [0.15, 0.2) is 0 Å². The average Bonchev–Trinajstić information content (AvgIpc) is 2.87. The summed E-state index contributed by atoms with van der Waals surface area (Å²) in [6.45, 7) is 4.03. The zero-order valence-corrected chi connectivity index (χ0v) is 13.0. The maximum absolute atomic E-state index is 13.6. The monoisotopic (exact) mass is 308 g/mol. The first-order chi connectivity index (χ1) is 11.1. The van der Waals surface area contributed by atoms with E-state index in [0.29, 0.717) is 17.5 Å². The van der Waals surface area contributed by atoms with Crippen molar-refractivity contribution in [1.29, 1.82) is 0 Å². The van der Waals surface area contributed by atoms with Gasteiger partial charge in [0.1, 0.15) is 5.82 Å². The molecule has 4 heteroatoms. The predicted octanol–water partition coefficient (Wildman–Crippen LogP) is 4.72. The molecule has 0 saturated heterocycles. The maximum Gasteiger partial charge on any atom is 0.211 e. The van der Waals surface area contributed by atoms with Gasteiger partial charge in [0.05, 0.1) is 11.4 Å². The van der Waals surface area contributed by atoms with E-state index in [0.717, 1.165) is 27.9 Å². The fourth-order valence-electron chi connectivity index (χ4n) is 2.85. The van der Waals surface area contributed by atoms with E-state index in [-0.39, 0.29) is 5.82 Å². The molecule has 0 aliphatic heterocycles. The van der Waals surface area contributed by atoms with Gasteiger partial charge in [-0.05, 0) is 37.6 Å². The number of amides is 1. The Balaban J connectivity index is 2.31. The number of anilines is 1. The molecule has 23 heavy (non-hydrogen) atoms. The Morgan fingerprint density at radius 2 is 1.87 bits per heavy atom. The lowest BCUT2D eigenvalue weighted by atomic mass is 9.97. The second-order valence-corrected chi connectivity index (χ2v) is 5.57. The fourth-order valence-corrected chi connectivity index (χ4v) is 2.85. The molecule has 0 aliphatic carbocycles. The van der Waals surface area contributed by atoms with E-state index in [4.69, 9.17) is 0 Å². The SMILES string of the molecule is CC(C)=C(c1ccccc1)c1[nH]c2ccc(F)cc2c1NC=O. The van der Waals surface area contributed by atoms with Crippen LogP contribution in [0.4, 0.5) is 10.1 Å². The summed E-state index contributed by atoms with van der Waals surface area (Å²) < 4.78 is 13.6. The molecule has 3 rings (SSSR count). The number of halogens is 1. The van der Waals surface area contributed by atoms with Crippen LogP contribution >= 0.6 is 0 Å². The Hall–Kier alpha value is -2.88. The van der Waals surface area contributed by atoms with Gasteiger partial charge in [-0.25, -0.2) is 4.39 Å². The minimum absolute atomic E-state index is 0.338. The first-order valence-corrected chi connectivity index (χ1v) is 7.36. The Morgan fingerprint density at radius 3 is 2.52 bits per heavy atom. The van der Waals surface area contributed by atoms with Crippen LogP contribution in [0.15, 0.2) is 54.1 Å². The third kappa shape index (κ3) is 2.75. The molecular weight excluding hydrogens is 291 g/mol. The molecule has 0 fully saturated rings. The Bertz CT molecular complexity index is 890. The summed E-state index contributed by atoms with van der Waals surface area (Å²) in [6, 6.07) is 14.4. The highest BCUT2D eigenvalue weighted by Gasteiger charge is 2.17. The van der Waals surface area contributed by atoms with Crippen molar-refractivity contribution in [1.82, 2.24) is 4.98 Å². The van der Waals surface area contributed by atoms with Crippen molar-refractivity contribution < 1.29 is 9.18 Å². The molecule has 0 atom stereocenters. The topological polar surface area (TPSA) is 44.9 Å². The van der Waals surface area contributed by atoms with Gasteiger partial charge < -0.3 is 10.3 Å². The van der Waals surface area contributed by atoms with Crippen molar-refractivity contribution in [2.24, 2.45) is 0 Å². The van der Waals surface area contributed by atoms with Crippen LogP contribution in [-0.2, 0) is 4.79 Å². The number of nitrogens with one attached hydrogen (secondary N) is 2. The van der Waals surface area contributed by atoms with E-state index in [9.17, 15) is 9.18 Å². The standard InChI is InChI=1S/C19H17FN2O/c1-12(2)17(13-6-4-3-5-7-13)19-18(21-11-23)15-10-14(20)8-9-16(15)22-19/h3-11,22H,1-2H3,(H,21,23). The maximum atomic E-state index is 13.6. The number of hydrogen-bond acceptors (Lipinski definition) is 1. The van der Waals surface area contributed by atoms with E-state index in [1.807, 2.05) is 44.2 Å². The normalized spacial score (nSPS) is 10.6. The zero-order chi connectivity index (χ0) is 16.4. The smallest absolute Gasteiger partial charge is 0.211 e. The highest BCUT2D eigenvalue weighted by Crippen LogP contribution is 2.36. The number of fused-ring (bicyclic) bond motifs is 1. The third-order valence-electron chi connectivity index (χ3n) is 3.78. The molecule has 0 aliphatic rings. The average molecular weight is 308 g/mol. The van der Waals surface area contributed by atoms with Crippen LogP contribution in [-0.4, -0.2) is 11.4 Å². The van der Waals surface area contributed by atoms with Crippen LogP contribution < -0.4 is 5.32 Å². The van der Waals surface area contributed by atoms with E-state index in [1.54, 1.807) is 6.07 Å². The summed E-state index contributed by atoms with van der Waals surface area (Å²) in [7, 11) is 0. The molecule has 3 nitrogen and oxygen atoms in total. The minimum atomic E-state index is -0.338. The molecule has 0 bridgehead atoms. The van der Waals surface area contributed by atoms with Crippen LogP contribution in [0.3, 0.4) is 0 Å². The van der Waals surface area contributed by atoms with Gasteiger partial charge in [0, 0.05) is 16.5 Å². The molecule has 1 heterocycles. The molecule has 0 spiro atoms. The van der Waals surface area contributed by atoms with Gasteiger partial charge in [-0.1, -0.05) is 35.9 Å². The van der Waals surface area contributed by atoms with Crippen LogP contribution in [0.1, 0.15) is 25.1 Å². The van der Waals surface area contributed by atoms with Gasteiger partial charge in [-0.3, -0.25) is 4.79 Å².